The van der Waals surface area contributed by atoms with Crippen LogP contribution in [-0.4, -0.2) is 10.1 Å². The fourth-order valence-electron chi connectivity index (χ4n) is 1.91. The van der Waals surface area contributed by atoms with Crippen LogP contribution in [0.3, 0.4) is 0 Å². The highest BCUT2D eigenvalue weighted by molar-refractivity contribution is 5.63. The average Bonchev–Trinajstić information content (AvgIpc) is 3.05. The SMILES string of the molecule is C=C/C(C#N)=C\C=C(/C)c1noc(-c2cc(C)cc(C#N)c2)n1. The van der Waals surface area contributed by atoms with Crippen molar-refractivity contribution in [2.24, 2.45) is 0 Å². The molecule has 0 aliphatic heterocycles. The summed E-state index contributed by atoms with van der Waals surface area (Å²) in [6, 6.07) is 9.48. The van der Waals surface area contributed by atoms with E-state index in [9.17, 15) is 0 Å². The molecule has 0 aliphatic carbocycles. The van der Waals surface area contributed by atoms with Crippen molar-refractivity contribution < 1.29 is 4.52 Å². The minimum atomic E-state index is 0.348. The molecule has 112 valence electrons. The summed E-state index contributed by atoms with van der Waals surface area (Å²) in [6.07, 6.45) is 4.84. The van der Waals surface area contributed by atoms with E-state index in [1.54, 1.807) is 24.3 Å². The number of hydrogen-bond acceptors (Lipinski definition) is 5. The lowest BCUT2D eigenvalue weighted by molar-refractivity contribution is 0.428. The average molecular weight is 302 g/mol. The van der Waals surface area contributed by atoms with Gasteiger partial charge in [0.15, 0.2) is 5.82 Å². The van der Waals surface area contributed by atoms with E-state index >= 15 is 0 Å². The number of nitriles is 2. The summed E-state index contributed by atoms with van der Waals surface area (Å²) in [5, 5.41) is 21.8. The second-order valence-electron chi connectivity index (χ2n) is 4.91. The third-order valence-corrected chi connectivity index (χ3v) is 3.09. The highest BCUT2D eigenvalue weighted by Crippen LogP contribution is 2.22. The third kappa shape index (κ3) is 3.81. The predicted octanol–water partition coefficient (Wildman–Crippen LogP) is 3.96. The molecule has 2 rings (SSSR count). The van der Waals surface area contributed by atoms with E-state index in [0.29, 0.717) is 28.4 Å². The van der Waals surface area contributed by atoms with Gasteiger partial charge in [-0.25, -0.2) is 0 Å². The Morgan fingerprint density at radius 1 is 1.26 bits per heavy atom. The molecule has 5 nitrogen and oxygen atoms in total. The molecule has 23 heavy (non-hydrogen) atoms. The number of nitrogens with zero attached hydrogens (tertiary/aromatic N) is 4. The molecule has 0 amide bonds. The number of aromatic nitrogens is 2. The van der Waals surface area contributed by atoms with E-state index in [0.717, 1.165) is 11.1 Å². The number of rotatable bonds is 4. The maximum Gasteiger partial charge on any atom is 0.258 e. The summed E-state index contributed by atoms with van der Waals surface area (Å²) in [6.45, 7) is 7.27. The van der Waals surface area contributed by atoms with Gasteiger partial charge in [-0.2, -0.15) is 15.5 Å². The van der Waals surface area contributed by atoms with Gasteiger partial charge in [-0.1, -0.05) is 23.9 Å². The van der Waals surface area contributed by atoms with Crippen LogP contribution in [0.15, 0.2) is 53.1 Å². The number of aryl methyl sites for hydroxylation is 1. The van der Waals surface area contributed by atoms with Crippen molar-refractivity contribution in [1.29, 1.82) is 10.5 Å². The Morgan fingerprint density at radius 2 is 2.04 bits per heavy atom. The molecule has 0 atom stereocenters. The molecule has 5 heteroatoms. The van der Waals surface area contributed by atoms with Crippen LogP contribution >= 0.6 is 0 Å². The second kappa shape index (κ2) is 7.02. The van der Waals surface area contributed by atoms with Crippen molar-refractivity contribution >= 4 is 5.57 Å². The fraction of sp³-hybridized carbons (Fsp3) is 0.111. The predicted molar refractivity (Wildman–Crippen MR) is 86.7 cm³/mol. The molecule has 2 aromatic rings. The van der Waals surface area contributed by atoms with Crippen LogP contribution in [0.1, 0.15) is 23.9 Å². The first-order valence-corrected chi connectivity index (χ1v) is 6.84. The Balaban J connectivity index is 2.35. The zero-order valence-electron chi connectivity index (χ0n) is 12.9. The van der Waals surface area contributed by atoms with Gasteiger partial charge in [-0.3, -0.25) is 0 Å². The first-order valence-electron chi connectivity index (χ1n) is 6.84. The molecule has 0 aliphatic rings. The first-order chi connectivity index (χ1) is 11.1. The Morgan fingerprint density at radius 3 is 2.70 bits per heavy atom. The summed E-state index contributed by atoms with van der Waals surface area (Å²) in [5.41, 5.74) is 3.39. The molecule has 1 aromatic heterocycles. The molecule has 0 fully saturated rings. The number of allylic oxidation sites excluding steroid dienone is 5. The summed E-state index contributed by atoms with van der Waals surface area (Å²) in [5.74, 6) is 0.777. The lowest BCUT2D eigenvalue weighted by atomic mass is 10.1. The third-order valence-electron chi connectivity index (χ3n) is 3.09. The molecule has 0 unspecified atom stereocenters. The van der Waals surface area contributed by atoms with Gasteiger partial charge in [0.05, 0.1) is 23.3 Å². The van der Waals surface area contributed by atoms with E-state index < -0.39 is 0 Å². The molecule has 0 saturated carbocycles. The van der Waals surface area contributed by atoms with Crippen LogP contribution in [-0.2, 0) is 0 Å². The Kier molecular flexibility index (Phi) is 4.86. The maximum absolute atomic E-state index is 9.03. The molecular formula is C18H14N4O. The molecule has 0 saturated heterocycles. The van der Waals surface area contributed by atoms with Crippen molar-refractivity contribution in [3.8, 4) is 23.6 Å². The number of benzene rings is 1. The highest BCUT2D eigenvalue weighted by atomic mass is 16.5. The molecule has 0 radical (unpaired) electrons. The minimum absolute atomic E-state index is 0.348. The first kappa shape index (κ1) is 15.9. The Bertz CT molecular complexity index is 888. The van der Waals surface area contributed by atoms with Gasteiger partial charge in [0, 0.05) is 5.56 Å². The fourth-order valence-corrected chi connectivity index (χ4v) is 1.91. The second-order valence-corrected chi connectivity index (χ2v) is 4.91. The van der Waals surface area contributed by atoms with Gasteiger partial charge >= 0.3 is 0 Å². The molecule has 0 spiro atoms. The van der Waals surface area contributed by atoms with Gasteiger partial charge in [0.1, 0.15) is 0 Å². The van der Waals surface area contributed by atoms with Crippen LogP contribution < -0.4 is 0 Å². The van der Waals surface area contributed by atoms with E-state index in [2.05, 4.69) is 22.8 Å². The van der Waals surface area contributed by atoms with Gasteiger partial charge < -0.3 is 4.52 Å². The quantitative estimate of drug-likeness (QED) is 0.630. The van der Waals surface area contributed by atoms with E-state index in [1.165, 1.54) is 6.08 Å². The van der Waals surface area contributed by atoms with Crippen molar-refractivity contribution in [2.75, 3.05) is 0 Å². The zero-order valence-corrected chi connectivity index (χ0v) is 12.9. The lowest BCUT2D eigenvalue weighted by Gasteiger charge is -1.98. The minimum Gasteiger partial charge on any atom is -0.334 e. The van der Waals surface area contributed by atoms with E-state index in [-0.39, 0.29) is 0 Å². The zero-order chi connectivity index (χ0) is 16.8. The van der Waals surface area contributed by atoms with Crippen LogP contribution in [0.4, 0.5) is 0 Å². The van der Waals surface area contributed by atoms with Crippen LogP contribution in [0.5, 0.6) is 0 Å². The molecule has 0 N–H and O–H groups in total. The van der Waals surface area contributed by atoms with Crippen molar-refractivity contribution in [1.82, 2.24) is 10.1 Å². The molecule has 1 aromatic carbocycles. The highest BCUT2D eigenvalue weighted by Gasteiger charge is 2.11. The van der Waals surface area contributed by atoms with E-state index in [4.69, 9.17) is 15.0 Å². The maximum atomic E-state index is 9.03. The van der Waals surface area contributed by atoms with Crippen LogP contribution in [0.2, 0.25) is 0 Å². The largest absolute Gasteiger partial charge is 0.334 e. The van der Waals surface area contributed by atoms with Crippen molar-refractivity contribution in [3.05, 3.63) is 65.5 Å². The van der Waals surface area contributed by atoms with Gasteiger partial charge in [-0.05, 0) is 49.3 Å². The standard InChI is InChI=1S/C18H14N4O/c1-4-14(10-19)6-5-13(3)17-21-18(23-22-17)16-8-12(2)7-15(9-16)11-20/h4-9H,1H2,2-3H3/b13-5+,14-6+. The molecular weight excluding hydrogens is 288 g/mol. The Labute approximate surface area is 134 Å². The van der Waals surface area contributed by atoms with Gasteiger partial charge in [0.25, 0.3) is 5.89 Å². The van der Waals surface area contributed by atoms with E-state index in [1.807, 2.05) is 26.0 Å². The summed E-state index contributed by atoms with van der Waals surface area (Å²) in [4.78, 5) is 4.33. The molecule has 1 heterocycles. The van der Waals surface area contributed by atoms with Gasteiger partial charge in [-0.15, -0.1) is 0 Å². The molecule has 0 bridgehead atoms. The lowest BCUT2D eigenvalue weighted by Crippen LogP contribution is -1.85. The summed E-state index contributed by atoms with van der Waals surface area (Å²) >= 11 is 0. The van der Waals surface area contributed by atoms with Crippen LogP contribution in [0, 0.1) is 29.6 Å². The summed E-state index contributed by atoms with van der Waals surface area (Å²) in [7, 11) is 0. The smallest absolute Gasteiger partial charge is 0.258 e. The summed E-state index contributed by atoms with van der Waals surface area (Å²) < 4.78 is 5.27. The normalized spacial score (nSPS) is 11.7. The van der Waals surface area contributed by atoms with Gasteiger partial charge in [0.2, 0.25) is 0 Å². The van der Waals surface area contributed by atoms with Crippen LogP contribution in [0.25, 0.3) is 17.0 Å². The Hall–Kier alpha value is -3.44. The topological polar surface area (TPSA) is 86.5 Å². The van der Waals surface area contributed by atoms with Crippen molar-refractivity contribution in [2.45, 2.75) is 13.8 Å². The van der Waals surface area contributed by atoms with Crippen molar-refractivity contribution in [3.63, 3.8) is 0 Å². The number of hydrogen-bond donors (Lipinski definition) is 0. The monoisotopic (exact) mass is 302 g/mol.